The summed E-state index contributed by atoms with van der Waals surface area (Å²) in [5.41, 5.74) is 0.390. The van der Waals surface area contributed by atoms with Crippen LogP contribution in [-0.4, -0.2) is 17.6 Å². The Kier molecular flexibility index (Phi) is 4.49. The lowest BCUT2D eigenvalue weighted by Crippen LogP contribution is -2.20. The zero-order chi connectivity index (χ0) is 14.4. The molecule has 0 unspecified atom stereocenters. The first kappa shape index (κ1) is 13.8. The smallest absolute Gasteiger partial charge is 0.324 e. The monoisotopic (exact) mass is 275 g/mol. The molecule has 0 fully saturated rings. The van der Waals surface area contributed by atoms with Crippen LogP contribution in [0.1, 0.15) is 6.92 Å². The summed E-state index contributed by atoms with van der Waals surface area (Å²) >= 11 is 0. The van der Waals surface area contributed by atoms with Gasteiger partial charge in [0, 0.05) is 12.3 Å². The molecule has 2 N–H and O–H groups in total. The summed E-state index contributed by atoms with van der Waals surface area (Å²) in [6, 6.07) is 8.60. The van der Waals surface area contributed by atoms with E-state index in [1.165, 1.54) is 18.2 Å². The fourth-order valence-electron chi connectivity index (χ4n) is 1.58. The number of aromatic nitrogens is 1. The van der Waals surface area contributed by atoms with Gasteiger partial charge in [0.2, 0.25) is 0 Å². The average Bonchev–Trinajstić information content (AvgIpc) is 2.43. The molecular formula is C14H14FN3O2. The highest BCUT2D eigenvalue weighted by Gasteiger charge is 2.09. The van der Waals surface area contributed by atoms with Gasteiger partial charge in [0.15, 0.2) is 0 Å². The SMILES string of the molecule is CCOc1cc(F)ccc1NC(=O)Nc1ccccn1. The van der Waals surface area contributed by atoms with Crippen molar-refractivity contribution in [3.8, 4) is 5.75 Å². The topological polar surface area (TPSA) is 63.2 Å². The molecule has 0 atom stereocenters. The molecule has 104 valence electrons. The zero-order valence-corrected chi connectivity index (χ0v) is 10.9. The van der Waals surface area contributed by atoms with Crippen molar-refractivity contribution in [2.75, 3.05) is 17.2 Å². The number of anilines is 2. The normalized spacial score (nSPS) is 9.90. The fraction of sp³-hybridized carbons (Fsp3) is 0.143. The highest BCUT2D eigenvalue weighted by atomic mass is 19.1. The fourth-order valence-corrected chi connectivity index (χ4v) is 1.58. The second-order valence-corrected chi connectivity index (χ2v) is 3.87. The Morgan fingerprint density at radius 2 is 2.15 bits per heavy atom. The van der Waals surface area contributed by atoms with Gasteiger partial charge < -0.3 is 10.1 Å². The van der Waals surface area contributed by atoms with Gasteiger partial charge in [-0.25, -0.2) is 14.2 Å². The van der Waals surface area contributed by atoms with Gasteiger partial charge in [-0.15, -0.1) is 0 Å². The van der Waals surface area contributed by atoms with E-state index in [4.69, 9.17) is 4.74 Å². The van der Waals surface area contributed by atoms with Crippen molar-refractivity contribution in [2.24, 2.45) is 0 Å². The van der Waals surface area contributed by atoms with Gasteiger partial charge >= 0.3 is 6.03 Å². The van der Waals surface area contributed by atoms with Crippen molar-refractivity contribution in [3.05, 3.63) is 48.4 Å². The highest BCUT2D eigenvalue weighted by Crippen LogP contribution is 2.25. The Hall–Kier alpha value is -2.63. The molecule has 2 rings (SSSR count). The summed E-state index contributed by atoms with van der Waals surface area (Å²) in [5, 5.41) is 5.15. The van der Waals surface area contributed by atoms with E-state index in [1.54, 1.807) is 31.3 Å². The van der Waals surface area contributed by atoms with E-state index >= 15 is 0 Å². The van der Waals surface area contributed by atoms with Crippen molar-refractivity contribution < 1.29 is 13.9 Å². The lowest BCUT2D eigenvalue weighted by Gasteiger charge is -2.12. The quantitative estimate of drug-likeness (QED) is 0.900. The number of nitrogens with one attached hydrogen (secondary N) is 2. The van der Waals surface area contributed by atoms with E-state index in [0.717, 1.165) is 0 Å². The maximum absolute atomic E-state index is 13.1. The zero-order valence-electron chi connectivity index (χ0n) is 10.9. The molecule has 5 nitrogen and oxygen atoms in total. The van der Waals surface area contributed by atoms with Gasteiger partial charge in [-0.3, -0.25) is 5.32 Å². The Morgan fingerprint density at radius 3 is 2.85 bits per heavy atom. The van der Waals surface area contributed by atoms with Crippen molar-refractivity contribution in [1.82, 2.24) is 4.98 Å². The molecule has 0 aliphatic carbocycles. The molecule has 20 heavy (non-hydrogen) atoms. The molecule has 0 radical (unpaired) electrons. The van der Waals surface area contributed by atoms with Gasteiger partial charge in [-0.1, -0.05) is 6.07 Å². The maximum Gasteiger partial charge on any atom is 0.324 e. The first-order chi connectivity index (χ1) is 9.69. The minimum absolute atomic E-state index is 0.281. The number of pyridine rings is 1. The molecule has 2 aromatic rings. The standard InChI is InChI=1S/C14H14FN3O2/c1-2-20-12-9-10(15)6-7-11(12)17-14(19)18-13-5-3-4-8-16-13/h3-9H,2H2,1H3,(H2,16,17,18,19). The van der Waals surface area contributed by atoms with Crippen LogP contribution in [-0.2, 0) is 0 Å². The molecule has 0 spiro atoms. The molecule has 1 aromatic carbocycles. The van der Waals surface area contributed by atoms with Crippen LogP contribution < -0.4 is 15.4 Å². The van der Waals surface area contributed by atoms with Crippen LogP contribution in [0.25, 0.3) is 0 Å². The van der Waals surface area contributed by atoms with E-state index in [0.29, 0.717) is 18.1 Å². The first-order valence-electron chi connectivity index (χ1n) is 6.10. The molecule has 1 heterocycles. The number of urea groups is 1. The molecule has 2 amide bonds. The van der Waals surface area contributed by atoms with E-state index < -0.39 is 11.8 Å². The second-order valence-electron chi connectivity index (χ2n) is 3.87. The number of carbonyl (C=O) groups is 1. The van der Waals surface area contributed by atoms with Crippen molar-refractivity contribution in [2.45, 2.75) is 6.92 Å². The summed E-state index contributed by atoms with van der Waals surface area (Å²) < 4.78 is 18.4. The third kappa shape index (κ3) is 3.68. The lowest BCUT2D eigenvalue weighted by molar-refractivity contribution is 0.262. The number of ether oxygens (including phenoxy) is 1. The van der Waals surface area contributed by atoms with Crippen molar-refractivity contribution >= 4 is 17.5 Å². The van der Waals surface area contributed by atoms with Crippen LogP contribution in [0.4, 0.5) is 20.7 Å². The van der Waals surface area contributed by atoms with Crippen molar-refractivity contribution in [1.29, 1.82) is 0 Å². The number of benzene rings is 1. The summed E-state index contributed by atoms with van der Waals surface area (Å²) in [4.78, 5) is 15.8. The molecular weight excluding hydrogens is 261 g/mol. The Labute approximate surface area is 115 Å². The molecule has 0 saturated heterocycles. The first-order valence-corrected chi connectivity index (χ1v) is 6.10. The van der Waals surface area contributed by atoms with Crippen LogP contribution in [0.2, 0.25) is 0 Å². The molecule has 0 aliphatic rings. The molecule has 0 saturated carbocycles. The summed E-state index contributed by atoms with van der Waals surface area (Å²) in [6.07, 6.45) is 1.57. The van der Waals surface area contributed by atoms with Crippen molar-refractivity contribution in [3.63, 3.8) is 0 Å². The predicted octanol–water partition coefficient (Wildman–Crippen LogP) is 3.26. The van der Waals surface area contributed by atoms with Gasteiger partial charge in [0.05, 0.1) is 12.3 Å². The number of carbonyl (C=O) groups excluding carboxylic acids is 1. The summed E-state index contributed by atoms with van der Waals surface area (Å²) in [5.74, 6) is 0.276. The number of nitrogens with zero attached hydrogens (tertiary/aromatic N) is 1. The third-order valence-corrected chi connectivity index (χ3v) is 2.40. The minimum Gasteiger partial charge on any atom is -0.492 e. The molecule has 0 bridgehead atoms. The van der Waals surface area contributed by atoms with E-state index in [1.807, 2.05) is 0 Å². The number of halogens is 1. The molecule has 1 aromatic heterocycles. The predicted molar refractivity (Wildman–Crippen MR) is 74.4 cm³/mol. The van der Waals surface area contributed by atoms with Gasteiger partial charge in [0.1, 0.15) is 17.4 Å². The molecule has 0 aliphatic heterocycles. The van der Waals surface area contributed by atoms with Crippen LogP contribution in [0, 0.1) is 5.82 Å². The van der Waals surface area contributed by atoms with Gasteiger partial charge in [-0.05, 0) is 31.2 Å². The van der Waals surface area contributed by atoms with Gasteiger partial charge in [-0.2, -0.15) is 0 Å². The van der Waals surface area contributed by atoms with E-state index in [9.17, 15) is 9.18 Å². The van der Waals surface area contributed by atoms with E-state index in [2.05, 4.69) is 15.6 Å². The van der Waals surface area contributed by atoms with E-state index in [-0.39, 0.29) is 5.75 Å². The second kappa shape index (κ2) is 6.51. The van der Waals surface area contributed by atoms with Crippen LogP contribution in [0.3, 0.4) is 0 Å². The summed E-state index contributed by atoms with van der Waals surface area (Å²) in [7, 11) is 0. The van der Waals surface area contributed by atoms with Gasteiger partial charge in [0.25, 0.3) is 0 Å². The van der Waals surface area contributed by atoms with Crippen LogP contribution in [0.15, 0.2) is 42.6 Å². The van der Waals surface area contributed by atoms with Crippen LogP contribution in [0.5, 0.6) is 5.75 Å². The Morgan fingerprint density at radius 1 is 1.30 bits per heavy atom. The number of hydrogen-bond acceptors (Lipinski definition) is 3. The lowest BCUT2D eigenvalue weighted by atomic mass is 10.3. The maximum atomic E-state index is 13.1. The summed E-state index contributed by atoms with van der Waals surface area (Å²) in [6.45, 7) is 2.16. The largest absolute Gasteiger partial charge is 0.492 e. The molecule has 6 heteroatoms. The average molecular weight is 275 g/mol. The Balaban J connectivity index is 2.07. The Bertz CT molecular complexity index is 590. The number of hydrogen-bond donors (Lipinski definition) is 2. The highest BCUT2D eigenvalue weighted by molar-refractivity contribution is 6.00. The number of rotatable bonds is 4. The number of amides is 2. The van der Waals surface area contributed by atoms with Crippen LogP contribution >= 0.6 is 0 Å². The minimum atomic E-state index is -0.476. The third-order valence-electron chi connectivity index (χ3n) is 2.40.